The Balaban J connectivity index is 1.95. The maximum atomic E-state index is 12.5. The van der Waals surface area contributed by atoms with Gasteiger partial charge in [0.15, 0.2) is 0 Å². The Morgan fingerprint density at radius 3 is 2.48 bits per heavy atom. The Morgan fingerprint density at radius 1 is 1.24 bits per heavy atom. The molecule has 0 aliphatic heterocycles. The second-order valence-electron chi connectivity index (χ2n) is 5.62. The summed E-state index contributed by atoms with van der Waals surface area (Å²) in [4.78, 5) is 12.9. The number of carboxylic acids is 1. The van der Waals surface area contributed by atoms with Crippen molar-refractivity contribution in [3.63, 3.8) is 0 Å². The van der Waals surface area contributed by atoms with E-state index in [9.17, 15) is 13.2 Å². The summed E-state index contributed by atoms with van der Waals surface area (Å²) in [6.45, 7) is -0.180. The first-order valence-electron chi connectivity index (χ1n) is 7.07. The maximum Gasteiger partial charge on any atom is 0.323 e. The van der Waals surface area contributed by atoms with Crippen LogP contribution in [-0.4, -0.2) is 38.1 Å². The highest BCUT2D eigenvalue weighted by atomic mass is 32.2. The smallest absolute Gasteiger partial charge is 0.323 e. The van der Waals surface area contributed by atoms with Crippen molar-refractivity contribution >= 4 is 21.7 Å². The normalized spacial score (nSPS) is 18.5. The molecule has 0 spiro atoms. The molecule has 2 saturated carbocycles. The molecule has 0 bridgehead atoms. The predicted octanol–water partition coefficient (Wildman–Crippen LogP) is 1.18. The third-order valence-corrected chi connectivity index (χ3v) is 5.22. The second-order valence-corrected chi connectivity index (χ2v) is 7.30. The van der Waals surface area contributed by atoms with Crippen LogP contribution >= 0.6 is 0 Å². The summed E-state index contributed by atoms with van der Waals surface area (Å²) in [5.74, 6) is -0.954. The molecular formula is C14H18N2O4S. The van der Waals surface area contributed by atoms with Gasteiger partial charge in [0.25, 0.3) is 0 Å². The molecule has 1 aromatic rings. The number of nitrogens with one attached hydrogen (secondary N) is 1. The molecule has 0 atom stereocenters. The molecule has 0 aromatic heterocycles. The van der Waals surface area contributed by atoms with Gasteiger partial charge in [-0.2, -0.15) is 0 Å². The first-order chi connectivity index (χ1) is 9.97. The number of rotatable bonds is 7. The summed E-state index contributed by atoms with van der Waals surface area (Å²) in [5.41, 5.74) is 0.482. The van der Waals surface area contributed by atoms with E-state index in [0.717, 1.165) is 25.7 Å². The van der Waals surface area contributed by atoms with Crippen molar-refractivity contribution in [3.8, 4) is 0 Å². The summed E-state index contributed by atoms with van der Waals surface area (Å²) < 4.78 is 27.6. The van der Waals surface area contributed by atoms with Crippen molar-refractivity contribution in [2.24, 2.45) is 0 Å². The van der Waals surface area contributed by atoms with E-state index in [1.54, 1.807) is 23.1 Å². The van der Waals surface area contributed by atoms with E-state index in [2.05, 4.69) is 4.72 Å². The first-order valence-corrected chi connectivity index (χ1v) is 8.55. The molecule has 21 heavy (non-hydrogen) atoms. The molecule has 2 aliphatic rings. The van der Waals surface area contributed by atoms with Crippen LogP contribution in [0, 0.1) is 0 Å². The molecule has 3 rings (SSSR count). The minimum absolute atomic E-state index is 0.0249. The van der Waals surface area contributed by atoms with E-state index >= 15 is 0 Å². The van der Waals surface area contributed by atoms with Crippen molar-refractivity contribution in [3.05, 3.63) is 24.3 Å². The Morgan fingerprint density at radius 2 is 1.90 bits per heavy atom. The van der Waals surface area contributed by atoms with Crippen LogP contribution in [0.15, 0.2) is 29.2 Å². The predicted molar refractivity (Wildman–Crippen MR) is 77.8 cm³/mol. The van der Waals surface area contributed by atoms with Crippen LogP contribution in [0.3, 0.4) is 0 Å². The Labute approximate surface area is 123 Å². The van der Waals surface area contributed by atoms with Gasteiger partial charge in [0.05, 0.1) is 5.69 Å². The van der Waals surface area contributed by atoms with Crippen LogP contribution in [-0.2, 0) is 14.8 Å². The lowest BCUT2D eigenvalue weighted by molar-refractivity contribution is -0.135. The molecule has 2 fully saturated rings. The molecule has 2 N–H and O–H groups in total. The van der Waals surface area contributed by atoms with Gasteiger partial charge < -0.3 is 10.0 Å². The molecule has 0 radical (unpaired) electrons. The highest BCUT2D eigenvalue weighted by Gasteiger charge is 2.35. The van der Waals surface area contributed by atoms with Crippen LogP contribution < -0.4 is 9.62 Å². The van der Waals surface area contributed by atoms with E-state index in [1.807, 2.05) is 0 Å². The maximum absolute atomic E-state index is 12.5. The van der Waals surface area contributed by atoms with Crippen molar-refractivity contribution in [2.75, 3.05) is 11.4 Å². The topological polar surface area (TPSA) is 86.7 Å². The zero-order valence-electron chi connectivity index (χ0n) is 11.5. The third-order valence-electron chi connectivity index (χ3n) is 3.66. The van der Waals surface area contributed by atoms with Gasteiger partial charge in [0.2, 0.25) is 10.0 Å². The molecular weight excluding hydrogens is 292 g/mol. The highest BCUT2D eigenvalue weighted by Crippen LogP contribution is 2.35. The number of nitrogens with zero attached hydrogens (tertiary/aromatic N) is 1. The van der Waals surface area contributed by atoms with Gasteiger partial charge in [-0.05, 0) is 37.8 Å². The zero-order chi connectivity index (χ0) is 15.0. The van der Waals surface area contributed by atoms with Gasteiger partial charge in [-0.15, -0.1) is 0 Å². The molecule has 0 heterocycles. The van der Waals surface area contributed by atoms with Crippen LogP contribution in [0.5, 0.6) is 0 Å². The molecule has 7 heteroatoms. The standard InChI is InChI=1S/C14H18N2O4S/c17-14(18)9-16(11-7-8-11)12-3-1-2-4-13(12)21(19,20)15-10-5-6-10/h1-4,10-11,15H,5-9H2,(H,17,18). The van der Waals surface area contributed by atoms with E-state index < -0.39 is 16.0 Å². The number of benzene rings is 1. The average molecular weight is 310 g/mol. The van der Waals surface area contributed by atoms with Crippen molar-refractivity contribution in [1.82, 2.24) is 4.72 Å². The summed E-state index contributed by atoms with van der Waals surface area (Å²) in [6, 6.07) is 6.77. The van der Waals surface area contributed by atoms with Gasteiger partial charge in [-0.25, -0.2) is 13.1 Å². The number of carboxylic acid groups (broad SMARTS) is 1. The van der Waals surface area contributed by atoms with Crippen molar-refractivity contribution < 1.29 is 18.3 Å². The first kappa shape index (κ1) is 14.3. The van der Waals surface area contributed by atoms with Crippen LogP contribution in [0.25, 0.3) is 0 Å². The van der Waals surface area contributed by atoms with Gasteiger partial charge in [-0.1, -0.05) is 12.1 Å². The fourth-order valence-corrected chi connectivity index (χ4v) is 3.87. The van der Waals surface area contributed by atoms with Crippen LogP contribution in [0.1, 0.15) is 25.7 Å². The Hall–Kier alpha value is -1.60. The van der Waals surface area contributed by atoms with Crippen LogP contribution in [0.2, 0.25) is 0 Å². The number of sulfonamides is 1. The van der Waals surface area contributed by atoms with Gasteiger partial charge >= 0.3 is 5.97 Å². The highest BCUT2D eigenvalue weighted by molar-refractivity contribution is 7.89. The minimum atomic E-state index is -3.60. The average Bonchev–Trinajstić information content (AvgIpc) is 3.29. The summed E-state index contributed by atoms with van der Waals surface area (Å²) >= 11 is 0. The number of carbonyl (C=O) groups is 1. The lowest BCUT2D eigenvalue weighted by atomic mass is 10.2. The fraction of sp³-hybridized carbons (Fsp3) is 0.500. The number of hydrogen-bond acceptors (Lipinski definition) is 4. The van der Waals surface area contributed by atoms with Crippen molar-refractivity contribution in [1.29, 1.82) is 0 Å². The summed E-state index contributed by atoms with van der Waals surface area (Å²) in [5, 5.41) is 9.06. The van der Waals surface area contributed by atoms with E-state index in [0.29, 0.717) is 5.69 Å². The third kappa shape index (κ3) is 3.36. The molecule has 114 valence electrons. The summed E-state index contributed by atoms with van der Waals surface area (Å²) in [7, 11) is -3.60. The van der Waals surface area contributed by atoms with E-state index in [4.69, 9.17) is 5.11 Å². The summed E-state index contributed by atoms with van der Waals surface area (Å²) in [6.07, 6.45) is 3.53. The Bertz CT molecular complexity index is 651. The molecule has 0 amide bonds. The fourth-order valence-electron chi connectivity index (χ4n) is 2.35. The Kier molecular flexibility index (Phi) is 3.62. The quantitative estimate of drug-likeness (QED) is 0.790. The molecule has 2 aliphatic carbocycles. The van der Waals surface area contributed by atoms with Gasteiger partial charge in [0, 0.05) is 12.1 Å². The minimum Gasteiger partial charge on any atom is -0.480 e. The molecule has 0 saturated heterocycles. The lowest BCUT2D eigenvalue weighted by Gasteiger charge is -2.25. The number of aliphatic carboxylic acids is 1. The SMILES string of the molecule is O=C(O)CN(c1ccccc1S(=O)(=O)NC1CC1)C1CC1. The molecule has 0 unspecified atom stereocenters. The number of para-hydroxylation sites is 1. The van der Waals surface area contributed by atoms with Gasteiger partial charge in [-0.3, -0.25) is 4.79 Å². The van der Waals surface area contributed by atoms with Crippen molar-refractivity contribution in [2.45, 2.75) is 42.7 Å². The molecule has 1 aromatic carbocycles. The second kappa shape index (κ2) is 5.31. The van der Waals surface area contributed by atoms with E-state index in [-0.39, 0.29) is 23.5 Å². The molecule has 6 nitrogen and oxygen atoms in total. The monoisotopic (exact) mass is 310 g/mol. The number of anilines is 1. The van der Waals surface area contributed by atoms with Gasteiger partial charge in [0.1, 0.15) is 11.4 Å². The van der Waals surface area contributed by atoms with E-state index in [1.165, 1.54) is 6.07 Å². The lowest BCUT2D eigenvalue weighted by Crippen LogP contribution is -2.34. The largest absolute Gasteiger partial charge is 0.480 e. The zero-order valence-corrected chi connectivity index (χ0v) is 12.3. The number of hydrogen-bond donors (Lipinski definition) is 2. The van der Waals surface area contributed by atoms with Crippen LogP contribution in [0.4, 0.5) is 5.69 Å².